The normalized spacial score (nSPS) is 10.4. The molecule has 0 fully saturated rings. The van der Waals surface area contributed by atoms with E-state index in [4.69, 9.17) is 10.5 Å². The van der Waals surface area contributed by atoms with Crippen molar-refractivity contribution in [3.8, 4) is 5.75 Å². The van der Waals surface area contributed by atoms with Gasteiger partial charge in [0.15, 0.2) is 0 Å². The zero-order valence-corrected chi connectivity index (χ0v) is 13.0. The average molecular weight is 339 g/mol. The highest BCUT2D eigenvalue weighted by Crippen LogP contribution is 2.36. The molecular weight excluding hydrogens is 324 g/mol. The third-order valence-corrected chi connectivity index (χ3v) is 3.90. The summed E-state index contributed by atoms with van der Waals surface area (Å²) >= 11 is 4.90. The number of nitrogens with two attached hydrogens (primary N) is 1. The highest BCUT2D eigenvalue weighted by atomic mass is 79.9. The average Bonchev–Trinajstić information content (AvgIpc) is 2.42. The van der Waals surface area contributed by atoms with Crippen LogP contribution < -0.4 is 10.5 Å². The Kier molecular flexibility index (Phi) is 5.10. The minimum Gasteiger partial charge on any atom is -0.491 e. The molecule has 2 N–H and O–H groups in total. The van der Waals surface area contributed by atoms with E-state index in [2.05, 4.69) is 27.8 Å². The van der Waals surface area contributed by atoms with Gasteiger partial charge in [-0.1, -0.05) is 24.8 Å². The van der Waals surface area contributed by atoms with E-state index in [9.17, 15) is 0 Å². The van der Waals surface area contributed by atoms with E-state index >= 15 is 0 Å². The fraction of sp³-hybridized carbons (Fsp3) is 0.214. The first-order chi connectivity index (χ1) is 9.20. The summed E-state index contributed by atoms with van der Waals surface area (Å²) in [5, 5.41) is 0.905. The third kappa shape index (κ3) is 3.88. The number of ether oxygens (including phenoxy) is 1. The van der Waals surface area contributed by atoms with Crippen LogP contribution in [0.25, 0.3) is 0 Å². The summed E-state index contributed by atoms with van der Waals surface area (Å²) in [5.74, 6) is 0.740. The van der Waals surface area contributed by atoms with Gasteiger partial charge in [0.05, 0.1) is 12.3 Å². The van der Waals surface area contributed by atoms with E-state index in [1.54, 1.807) is 6.20 Å². The second kappa shape index (κ2) is 6.82. The van der Waals surface area contributed by atoms with Crippen LogP contribution in [0, 0.1) is 0 Å². The van der Waals surface area contributed by atoms with Gasteiger partial charge >= 0.3 is 0 Å². The lowest BCUT2D eigenvalue weighted by Crippen LogP contribution is -2.00. The van der Waals surface area contributed by atoms with Crippen molar-refractivity contribution in [2.45, 2.75) is 23.3 Å². The molecule has 1 aromatic heterocycles. The Morgan fingerprint density at radius 1 is 1.32 bits per heavy atom. The summed E-state index contributed by atoms with van der Waals surface area (Å²) in [4.78, 5) is 5.29. The zero-order valence-electron chi connectivity index (χ0n) is 10.6. The molecule has 0 atom stereocenters. The van der Waals surface area contributed by atoms with Crippen molar-refractivity contribution in [2.75, 3.05) is 12.3 Å². The number of nitrogens with zero attached hydrogens (tertiary/aromatic N) is 1. The van der Waals surface area contributed by atoms with Crippen molar-refractivity contribution >= 4 is 33.4 Å². The van der Waals surface area contributed by atoms with Crippen molar-refractivity contribution in [3.05, 3.63) is 41.0 Å². The van der Waals surface area contributed by atoms with Crippen LogP contribution in [0.2, 0.25) is 0 Å². The van der Waals surface area contributed by atoms with Gasteiger partial charge in [-0.15, -0.1) is 0 Å². The molecule has 5 heteroatoms. The fourth-order valence-corrected chi connectivity index (χ4v) is 2.54. The summed E-state index contributed by atoms with van der Waals surface area (Å²) in [6.07, 6.45) is 2.74. The van der Waals surface area contributed by atoms with E-state index in [1.165, 1.54) is 11.8 Å². The molecule has 100 valence electrons. The number of anilines is 1. The van der Waals surface area contributed by atoms with Gasteiger partial charge < -0.3 is 10.5 Å². The Bertz CT molecular complexity index is 546. The predicted molar refractivity (Wildman–Crippen MR) is 82.7 cm³/mol. The largest absolute Gasteiger partial charge is 0.491 e. The van der Waals surface area contributed by atoms with E-state index in [1.807, 2.05) is 30.3 Å². The zero-order chi connectivity index (χ0) is 13.7. The van der Waals surface area contributed by atoms with Gasteiger partial charge in [0, 0.05) is 15.6 Å². The molecule has 2 rings (SSSR count). The van der Waals surface area contributed by atoms with Gasteiger partial charge in [-0.2, -0.15) is 0 Å². The summed E-state index contributed by atoms with van der Waals surface area (Å²) in [6, 6.07) is 9.73. The van der Waals surface area contributed by atoms with Gasteiger partial charge in [0.1, 0.15) is 10.8 Å². The minimum absolute atomic E-state index is 0.672. The first-order valence-corrected chi connectivity index (χ1v) is 7.62. The second-order valence-electron chi connectivity index (χ2n) is 3.93. The lowest BCUT2D eigenvalue weighted by atomic mass is 10.3. The van der Waals surface area contributed by atoms with Crippen molar-refractivity contribution in [1.29, 1.82) is 0 Å². The molecule has 0 saturated heterocycles. The van der Waals surface area contributed by atoms with Crippen LogP contribution in [0.3, 0.4) is 0 Å². The van der Waals surface area contributed by atoms with E-state index in [-0.39, 0.29) is 0 Å². The number of pyridine rings is 1. The summed E-state index contributed by atoms with van der Waals surface area (Å²) in [7, 11) is 0. The number of aromatic nitrogens is 1. The van der Waals surface area contributed by atoms with Crippen LogP contribution >= 0.6 is 27.7 Å². The first-order valence-electron chi connectivity index (χ1n) is 6.01. The molecular formula is C14H15BrN2OS. The monoisotopic (exact) mass is 338 g/mol. The van der Waals surface area contributed by atoms with Crippen LogP contribution in [0.4, 0.5) is 5.69 Å². The molecule has 0 saturated carbocycles. The molecule has 0 bridgehead atoms. The van der Waals surface area contributed by atoms with Crippen molar-refractivity contribution in [3.63, 3.8) is 0 Å². The number of rotatable bonds is 5. The second-order valence-corrected chi connectivity index (χ2v) is 5.91. The molecule has 1 aromatic carbocycles. The molecule has 0 spiro atoms. The summed E-state index contributed by atoms with van der Waals surface area (Å²) in [5.41, 5.74) is 6.79. The molecule has 19 heavy (non-hydrogen) atoms. The van der Waals surface area contributed by atoms with Crippen LogP contribution in [0.15, 0.2) is 50.9 Å². The van der Waals surface area contributed by atoms with Gasteiger partial charge in [-0.05, 0) is 46.6 Å². The maximum absolute atomic E-state index is 6.12. The highest BCUT2D eigenvalue weighted by molar-refractivity contribution is 9.10. The van der Waals surface area contributed by atoms with Crippen LogP contribution in [0.5, 0.6) is 5.75 Å². The molecule has 0 unspecified atom stereocenters. The fourth-order valence-electron chi connectivity index (χ4n) is 1.49. The molecule has 0 amide bonds. The topological polar surface area (TPSA) is 48.1 Å². The van der Waals surface area contributed by atoms with E-state index < -0.39 is 0 Å². The third-order valence-electron chi connectivity index (χ3n) is 2.40. The molecule has 2 aromatic rings. The van der Waals surface area contributed by atoms with E-state index in [0.717, 1.165) is 26.6 Å². The highest BCUT2D eigenvalue weighted by Gasteiger charge is 2.08. The van der Waals surface area contributed by atoms with Gasteiger partial charge in [-0.3, -0.25) is 0 Å². The van der Waals surface area contributed by atoms with Crippen LogP contribution in [-0.2, 0) is 0 Å². The van der Waals surface area contributed by atoms with Crippen molar-refractivity contribution < 1.29 is 4.74 Å². The lowest BCUT2D eigenvalue weighted by Gasteiger charge is -2.11. The van der Waals surface area contributed by atoms with Gasteiger partial charge in [-0.25, -0.2) is 4.98 Å². The van der Waals surface area contributed by atoms with Crippen molar-refractivity contribution in [2.24, 2.45) is 0 Å². The lowest BCUT2D eigenvalue weighted by molar-refractivity contribution is 0.318. The number of benzene rings is 1. The van der Waals surface area contributed by atoms with Crippen LogP contribution in [-0.4, -0.2) is 11.6 Å². The minimum atomic E-state index is 0.672. The first kappa shape index (κ1) is 14.2. The quantitative estimate of drug-likeness (QED) is 0.822. The molecule has 0 radical (unpaired) electrons. The number of para-hydroxylation sites is 1. The molecule has 0 aliphatic heterocycles. The number of hydrogen-bond donors (Lipinski definition) is 1. The standard InChI is InChI=1S/C14H15BrN2OS/c1-2-8-18-11-4-3-5-12(14(11)16)19-13-7-6-10(15)9-17-13/h3-7,9H,2,8,16H2,1H3. The Morgan fingerprint density at radius 3 is 2.84 bits per heavy atom. The SMILES string of the molecule is CCCOc1cccc(Sc2ccc(Br)cn2)c1N. The van der Waals surface area contributed by atoms with E-state index in [0.29, 0.717) is 12.3 Å². The number of halogens is 1. The molecule has 1 heterocycles. The summed E-state index contributed by atoms with van der Waals surface area (Å²) < 4.78 is 6.58. The smallest absolute Gasteiger partial charge is 0.143 e. The Labute approximate surface area is 125 Å². The number of hydrogen-bond acceptors (Lipinski definition) is 4. The summed E-state index contributed by atoms with van der Waals surface area (Å²) in [6.45, 7) is 2.75. The van der Waals surface area contributed by atoms with Crippen molar-refractivity contribution in [1.82, 2.24) is 4.98 Å². The molecule has 3 nitrogen and oxygen atoms in total. The molecule has 0 aliphatic rings. The Hall–Kier alpha value is -1.20. The number of nitrogen functional groups attached to an aromatic ring is 1. The van der Waals surface area contributed by atoms with Gasteiger partial charge in [0.25, 0.3) is 0 Å². The predicted octanol–water partition coefficient (Wildman–Crippen LogP) is 4.37. The Balaban J connectivity index is 2.18. The van der Waals surface area contributed by atoms with Gasteiger partial charge in [0.2, 0.25) is 0 Å². The van der Waals surface area contributed by atoms with Crippen LogP contribution in [0.1, 0.15) is 13.3 Å². The molecule has 0 aliphatic carbocycles. The maximum Gasteiger partial charge on any atom is 0.143 e. The Morgan fingerprint density at radius 2 is 2.16 bits per heavy atom. The maximum atomic E-state index is 6.12.